The van der Waals surface area contributed by atoms with Crippen molar-refractivity contribution in [1.82, 2.24) is 0 Å². The van der Waals surface area contributed by atoms with Gasteiger partial charge in [-0.25, -0.2) is 9.59 Å². The fourth-order valence-electron chi connectivity index (χ4n) is 2.57. The molecule has 25 heavy (non-hydrogen) atoms. The molecule has 126 valence electrons. The van der Waals surface area contributed by atoms with Gasteiger partial charge < -0.3 is 9.47 Å². The van der Waals surface area contributed by atoms with Crippen LogP contribution in [0.5, 0.6) is 0 Å². The molecule has 5 heteroatoms. The van der Waals surface area contributed by atoms with E-state index in [2.05, 4.69) is 5.32 Å². The van der Waals surface area contributed by atoms with Crippen LogP contribution >= 0.6 is 0 Å². The predicted molar refractivity (Wildman–Crippen MR) is 95.3 cm³/mol. The molecule has 0 fully saturated rings. The van der Waals surface area contributed by atoms with Crippen molar-refractivity contribution in [3.8, 4) is 0 Å². The minimum Gasteiger partial charge on any atom is -0.466 e. The fraction of sp³-hybridized carbons (Fsp3) is 0.100. The number of hydrogen-bond donors (Lipinski definition) is 1. The van der Waals surface area contributed by atoms with Crippen molar-refractivity contribution in [2.24, 2.45) is 0 Å². The van der Waals surface area contributed by atoms with Gasteiger partial charge in [-0.1, -0.05) is 66.7 Å². The highest BCUT2D eigenvalue weighted by molar-refractivity contribution is 6.00. The summed E-state index contributed by atoms with van der Waals surface area (Å²) in [7, 11) is 1.25. The molecule has 1 atom stereocenters. The van der Waals surface area contributed by atoms with Crippen molar-refractivity contribution < 1.29 is 19.1 Å². The summed E-state index contributed by atoms with van der Waals surface area (Å²) in [5.74, 6) is -0.640. The summed E-state index contributed by atoms with van der Waals surface area (Å²) in [5.41, 5.74) is 1.15. The van der Waals surface area contributed by atoms with Gasteiger partial charge in [0, 0.05) is 10.9 Å². The number of carbonyl (C=O) groups is 2. The molecule has 3 aromatic carbocycles. The van der Waals surface area contributed by atoms with Crippen molar-refractivity contribution in [2.45, 2.75) is 6.10 Å². The van der Waals surface area contributed by atoms with Gasteiger partial charge in [-0.3, -0.25) is 5.32 Å². The summed E-state index contributed by atoms with van der Waals surface area (Å²) in [6, 6.07) is 22.0. The van der Waals surface area contributed by atoms with Gasteiger partial charge in [0.15, 0.2) is 0 Å². The largest absolute Gasteiger partial charge is 0.466 e. The van der Waals surface area contributed by atoms with E-state index < -0.39 is 18.2 Å². The number of ether oxygens (including phenoxy) is 2. The van der Waals surface area contributed by atoms with E-state index in [1.54, 1.807) is 30.3 Å². The summed E-state index contributed by atoms with van der Waals surface area (Å²) in [6.45, 7) is 0. The average Bonchev–Trinajstić information content (AvgIpc) is 2.66. The molecule has 1 unspecified atom stereocenters. The zero-order chi connectivity index (χ0) is 17.6. The smallest absolute Gasteiger partial charge is 0.412 e. The molecule has 0 radical (unpaired) electrons. The Balaban J connectivity index is 1.81. The Hall–Kier alpha value is -3.34. The molecule has 0 heterocycles. The average molecular weight is 335 g/mol. The molecule has 0 bridgehead atoms. The van der Waals surface area contributed by atoms with Crippen LogP contribution < -0.4 is 5.32 Å². The van der Waals surface area contributed by atoms with E-state index in [0.717, 1.165) is 10.8 Å². The van der Waals surface area contributed by atoms with E-state index in [9.17, 15) is 9.59 Å². The van der Waals surface area contributed by atoms with Crippen LogP contribution in [0.4, 0.5) is 10.5 Å². The molecule has 0 spiro atoms. The number of carbonyl (C=O) groups excluding carboxylic acids is 2. The Bertz CT molecular complexity index is 887. The van der Waals surface area contributed by atoms with Crippen molar-refractivity contribution in [1.29, 1.82) is 0 Å². The summed E-state index contributed by atoms with van der Waals surface area (Å²) in [6.07, 6.45) is -1.85. The number of amides is 1. The van der Waals surface area contributed by atoms with E-state index in [1.165, 1.54) is 7.11 Å². The molecular weight excluding hydrogens is 318 g/mol. The second-order valence-corrected chi connectivity index (χ2v) is 5.37. The molecule has 3 aromatic rings. The van der Waals surface area contributed by atoms with E-state index in [-0.39, 0.29) is 0 Å². The molecule has 1 N–H and O–H groups in total. The molecule has 0 saturated carbocycles. The highest BCUT2D eigenvalue weighted by atomic mass is 16.6. The van der Waals surface area contributed by atoms with Gasteiger partial charge in [0.1, 0.15) is 0 Å². The summed E-state index contributed by atoms with van der Waals surface area (Å²) < 4.78 is 10.1. The van der Waals surface area contributed by atoms with Crippen LogP contribution in [0.2, 0.25) is 0 Å². The Kier molecular flexibility index (Phi) is 4.95. The lowest BCUT2D eigenvalue weighted by atomic mass is 10.1. The van der Waals surface area contributed by atoms with Gasteiger partial charge in [-0.2, -0.15) is 0 Å². The van der Waals surface area contributed by atoms with Gasteiger partial charge in [0.2, 0.25) is 6.10 Å². The number of fused-ring (bicyclic) bond motifs is 1. The lowest BCUT2D eigenvalue weighted by Crippen LogP contribution is -2.24. The molecule has 0 aliphatic rings. The van der Waals surface area contributed by atoms with E-state index in [4.69, 9.17) is 9.47 Å². The van der Waals surface area contributed by atoms with Gasteiger partial charge in [-0.15, -0.1) is 0 Å². The second-order valence-electron chi connectivity index (χ2n) is 5.37. The number of rotatable bonds is 4. The van der Waals surface area contributed by atoms with Gasteiger partial charge in [-0.05, 0) is 11.5 Å². The lowest BCUT2D eigenvalue weighted by molar-refractivity contribution is -0.150. The highest BCUT2D eigenvalue weighted by Crippen LogP contribution is 2.24. The number of methoxy groups -OCH3 is 1. The topological polar surface area (TPSA) is 64.6 Å². The predicted octanol–water partition coefficient (Wildman–Crippen LogP) is 4.30. The van der Waals surface area contributed by atoms with Gasteiger partial charge in [0.25, 0.3) is 0 Å². The van der Waals surface area contributed by atoms with Crippen LogP contribution in [-0.4, -0.2) is 19.2 Å². The highest BCUT2D eigenvalue weighted by Gasteiger charge is 2.26. The van der Waals surface area contributed by atoms with Crippen LogP contribution in [0, 0.1) is 0 Å². The maximum absolute atomic E-state index is 12.3. The van der Waals surface area contributed by atoms with Crippen molar-refractivity contribution in [3.05, 3.63) is 78.4 Å². The number of esters is 1. The summed E-state index contributed by atoms with van der Waals surface area (Å²) in [5, 5.41) is 4.57. The van der Waals surface area contributed by atoms with Crippen molar-refractivity contribution in [2.75, 3.05) is 12.4 Å². The SMILES string of the molecule is COC(=O)C(OC(=O)Nc1cccc2ccccc12)c1ccccc1. The number of anilines is 1. The van der Waals surface area contributed by atoms with Crippen LogP contribution in [0.1, 0.15) is 11.7 Å². The van der Waals surface area contributed by atoms with Crippen LogP contribution in [0.25, 0.3) is 10.8 Å². The Morgan fingerprint density at radius 1 is 0.880 bits per heavy atom. The van der Waals surface area contributed by atoms with Crippen LogP contribution in [-0.2, 0) is 14.3 Å². The van der Waals surface area contributed by atoms with Crippen LogP contribution in [0.3, 0.4) is 0 Å². The number of benzene rings is 3. The third-order valence-corrected chi connectivity index (χ3v) is 3.77. The van der Waals surface area contributed by atoms with E-state index in [0.29, 0.717) is 11.3 Å². The maximum Gasteiger partial charge on any atom is 0.412 e. The zero-order valence-electron chi connectivity index (χ0n) is 13.6. The van der Waals surface area contributed by atoms with Crippen molar-refractivity contribution in [3.63, 3.8) is 0 Å². The molecule has 0 saturated heterocycles. The van der Waals surface area contributed by atoms with Gasteiger partial charge >= 0.3 is 12.1 Å². The third kappa shape index (κ3) is 3.77. The van der Waals surface area contributed by atoms with E-state index in [1.807, 2.05) is 42.5 Å². The lowest BCUT2D eigenvalue weighted by Gasteiger charge is -2.17. The Morgan fingerprint density at radius 2 is 1.56 bits per heavy atom. The first-order valence-corrected chi connectivity index (χ1v) is 7.77. The summed E-state index contributed by atoms with van der Waals surface area (Å²) >= 11 is 0. The zero-order valence-corrected chi connectivity index (χ0v) is 13.6. The normalized spacial score (nSPS) is 11.6. The quantitative estimate of drug-likeness (QED) is 0.722. The Labute approximate surface area is 145 Å². The molecule has 1 amide bonds. The minimum absolute atomic E-state index is 0.544. The molecule has 5 nitrogen and oxygen atoms in total. The molecule has 0 aromatic heterocycles. The fourth-order valence-corrected chi connectivity index (χ4v) is 2.57. The molecule has 0 aliphatic heterocycles. The van der Waals surface area contributed by atoms with Crippen molar-refractivity contribution >= 4 is 28.5 Å². The first-order valence-electron chi connectivity index (χ1n) is 7.77. The third-order valence-electron chi connectivity index (χ3n) is 3.77. The maximum atomic E-state index is 12.3. The first-order chi connectivity index (χ1) is 12.2. The first kappa shape index (κ1) is 16.5. The summed E-state index contributed by atoms with van der Waals surface area (Å²) in [4.78, 5) is 24.3. The van der Waals surface area contributed by atoms with E-state index >= 15 is 0 Å². The minimum atomic E-state index is -1.12. The van der Waals surface area contributed by atoms with Gasteiger partial charge in [0.05, 0.1) is 12.8 Å². The van der Waals surface area contributed by atoms with Crippen LogP contribution in [0.15, 0.2) is 72.8 Å². The standard InChI is InChI=1S/C20H17NO4/c1-24-19(22)18(15-9-3-2-4-10-15)25-20(23)21-17-13-7-11-14-8-5-6-12-16(14)17/h2-13,18H,1H3,(H,21,23). The number of nitrogens with one attached hydrogen (secondary N) is 1. The molecule has 0 aliphatic carbocycles. The second kappa shape index (κ2) is 7.49. The monoisotopic (exact) mass is 335 g/mol. The molecule has 3 rings (SSSR count). The Morgan fingerprint density at radius 3 is 2.32 bits per heavy atom. The molecular formula is C20H17NO4. The number of hydrogen-bond acceptors (Lipinski definition) is 4.